The van der Waals surface area contributed by atoms with E-state index >= 15 is 0 Å². The van der Waals surface area contributed by atoms with Gasteiger partial charge < -0.3 is 21.4 Å². The molecule has 0 aliphatic rings. The van der Waals surface area contributed by atoms with E-state index in [0.29, 0.717) is 11.6 Å². The minimum absolute atomic E-state index is 0.686. The first-order valence-electron chi connectivity index (χ1n) is 5.80. The standard InChI is InChI=1S/C14H12N4/c15-13-5-9-7-1-3-11-10(6-14(16)17-11)8(7)2-4-12(9)18-13/h1-6,17-18H,15-16H2. The number of aromatic nitrogens is 2. The molecule has 6 N–H and O–H groups in total. The molecule has 0 saturated heterocycles. The van der Waals surface area contributed by atoms with Crippen molar-refractivity contribution in [3.63, 3.8) is 0 Å². The predicted octanol–water partition coefficient (Wildman–Crippen LogP) is 2.97. The lowest BCUT2D eigenvalue weighted by Crippen LogP contribution is -1.80. The number of anilines is 2. The van der Waals surface area contributed by atoms with E-state index in [2.05, 4.69) is 34.2 Å². The Morgan fingerprint density at radius 1 is 0.611 bits per heavy atom. The summed E-state index contributed by atoms with van der Waals surface area (Å²) < 4.78 is 0. The summed E-state index contributed by atoms with van der Waals surface area (Å²) in [6.07, 6.45) is 0. The van der Waals surface area contributed by atoms with Gasteiger partial charge in [-0.15, -0.1) is 0 Å². The summed E-state index contributed by atoms with van der Waals surface area (Å²) in [7, 11) is 0. The number of aromatic amines is 2. The van der Waals surface area contributed by atoms with E-state index in [-0.39, 0.29) is 0 Å². The fraction of sp³-hybridized carbons (Fsp3) is 0. The third-order valence-electron chi connectivity index (χ3n) is 3.44. The van der Waals surface area contributed by atoms with Crippen LogP contribution in [-0.2, 0) is 0 Å². The zero-order valence-corrected chi connectivity index (χ0v) is 9.62. The molecule has 2 aromatic heterocycles. The zero-order valence-electron chi connectivity index (χ0n) is 9.62. The van der Waals surface area contributed by atoms with E-state index in [9.17, 15) is 0 Å². The molecule has 88 valence electrons. The van der Waals surface area contributed by atoms with Gasteiger partial charge in [-0.3, -0.25) is 0 Å². The van der Waals surface area contributed by atoms with Crippen molar-refractivity contribution in [1.29, 1.82) is 0 Å². The Bertz CT molecular complexity index is 822. The summed E-state index contributed by atoms with van der Waals surface area (Å²) in [5, 5.41) is 4.66. The van der Waals surface area contributed by atoms with E-state index in [1.807, 2.05) is 12.1 Å². The topological polar surface area (TPSA) is 83.6 Å². The molecule has 0 radical (unpaired) electrons. The van der Waals surface area contributed by atoms with E-state index in [0.717, 1.165) is 21.8 Å². The highest BCUT2D eigenvalue weighted by Crippen LogP contribution is 2.32. The molecular weight excluding hydrogens is 224 g/mol. The molecule has 4 heteroatoms. The van der Waals surface area contributed by atoms with Crippen LogP contribution in [0, 0.1) is 0 Å². The van der Waals surface area contributed by atoms with Gasteiger partial charge in [0.25, 0.3) is 0 Å². The molecule has 0 fully saturated rings. The summed E-state index contributed by atoms with van der Waals surface area (Å²) in [4.78, 5) is 6.30. The number of hydrogen-bond donors (Lipinski definition) is 4. The second-order valence-electron chi connectivity index (χ2n) is 4.60. The smallest absolute Gasteiger partial charge is 0.101 e. The molecule has 0 amide bonds. The number of nitrogens with two attached hydrogens (primary N) is 2. The molecule has 4 aromatic rings. The van der Waals surface area contributed by atoms with Crippen LogP contribution < -0.4 is 11.5 Å². The zero-order chi connectivity index (χ0) is 12.3. The fourth-order valence-electron chi connectivity index (χ4n) is 2.68. The van der Waals surface area contributed by atoms with Crippen molar-refractivity contribution in [3.05, 3.63) is 36.4 Å². The predicted molar refractivity (Wildman–Crippen MR) is 76.5 cm³/mol. The molecule has 0 unspecified atom stereocenters. The molecule has 2 heterocycles. The van der Waals surface area contributed by atoms with Crippen molar-refractivity contribution in [2.45, 2.75) is 0 Å². The highest BCUT2D eigenvalue weighted by molar-refractivity contribution is 6.17. The first-order chi connectivity index (χ1) is 8.72. The van der Waals surface area contributed by atoms with Crippen LogP contribution in [0.3, 0.4) is 0 Å². The second-order valence-corrected chi connectivity index (χ2v) is 4.60. The molecule has 2 aromatic carbocycles. The summed E-state index contributed by atoms with van der Waals surface area (Å²) >= 11 is 0. The molecular formula is C14H12N4. The van der Waals surface area contributed by atoms with Crippen LogP contribution >= 0.6 is 0 Å². The van der Waals surface area contributed by atoms with Crippen molar-refractivity contribution in [2.75, 3.05) is 11.5 Å². The van der Waals surface area contributed by atoms with Gasteiger partial charge in [-0.25, -0.2) is 0 Å². The van der Waals surface area contributed by atoms with Gasteiger partial charge in [-0.05, 0) is 35.0 Å². The Labute approximate surface area is 103 Å². The van der Waals surface area contributed by atoms with Crippen molar-refractivity contribution < 1.29 is 0 Å². The van der Waals surface area contributed by atoms with Crippen LogP contribution in [0.2, 0.25) is 0 Å². The molecule has 0 aliphatic heterocycles. The molecule has 0 atom stereocenters. The lowest BCUT2D eigenvalue weighted by Gasteiger charge is -2.01. The van der Waals surface area contributed by atoms with Crippen molar-refractivity contribution in [2.24, 2.45) is 0 Å². The lowest BCUT2D eigenvalue weighted by atomic mass is 10.0. The van der Waals surface area contributed by atoms with Crippen LogP contribution in [0.1, 0.15) is 0 Å². The first-order valence-corrected chi connectivity index (χ1v) is 5.80. The fourth-order valence-corrected chi connectivity index (χ4v) is 2.68. The molecule has 0 saturated carbocycles. The van der Waals surface area contributed by atoms with E-state index < -0.39 is 0 Å². The largest absolute Gasteiger partial charge is 0.385 e. The Morgan fingerprint density at radius 3 is 1.50 bits per heavy atom. The molecule has 0 spiro atoms. The van der Waals surface area contributed by atoms with Gasteiger partial charge in [0.15, 0.2) is 0 Å². The summed E-state index contributed by atoms with van der Waals surface area (Å²) in [5.74, 6) is 1.37. The molecule has 4 nitrogen and oxygen atoms in total. The SMILES string of the molecule is Nc1cc2c(ccc3c4cc(N)[nH]c4ccc23)[nH]1. The first kappa shape index (κ1) is 9.41. The number of rotatable bonds is 0. The van der Waals surface area contributed by atoms with Crippen LogP contribution in [-0.4, -0.2) is 9.97 Å². The van der Waals surface area contributed by atoms with E-state index in [1.54, 1.807) is 0 Å². The number of hydrogen-bond acceptors (Lipinski definition) is 2. The maximum Gasteiger partial charge on any atom is 0.101 e. The average molecular weight is 236 g/mol. The second kappa shape index (κ2) is 2.98. The maximum atomic E-state index is 5.82. The minimum atomic E-state index is 0.686. The van der Waals surface area contributed by atoms with E-state index in [4.69, 9.17) is 11.5 Å². The van der Waals surface area contributed by atoms with Crippen LogP contribution in [0.4, 0.5) is 11.6 Å². The highest BCUT2D eigenvalue weighted by atomic mass is 14.8. The number of benzene rings is 2. The van der Waals surface area contributed by atoms with Crippen LogP contribution in [0.15, 0.2) is 36.4 Å². The lowest BCUT2D eigenvalue weighted by molar-refractivity contribution is 1.47. The number of nitrogens with one attached hydrogen (secondary N) is 2. The van der Waals surface area contributed by atoms with E-state index in [1.165, 1.54) is 10.8 Å². The van der Waals surface area contributed by atoms with Crippen LogP contribution in [0.25, 0.3) is 32.6 Å². The normalized spacial score (nSPS) is 11.8. The maximum absolute atomic E-state index is 5.82. The highest BCUT2D eigenvalue weighted by Gasteiger charge is 2.07. The molecule has 18 heavy (non-hydrogen) atoms. The molecule has 0 bridgehead atoms. The number of fused-ring (bicyclic) bond motifs is 5. The molecule has 4 rings (SSSR count). The third kappa shape index (κ3) is 1.09. The molecule has 0 aliphatic carbocycles. The quantitative estimate of drug-likeness (QED) is 0.378. The average Bonchev–Trinajstić information content (AvgIpc) is 2.89. The van der Waals surface area contributed by atoms with Crippen molar-refractivity contribution in [3.8, 4) is 0 Å². The summed E-state index contributed by atoms with van der Waals surface area (Å²) in [6.45, 7) is 0. The van der Waals surface area contributed by atoms with Gasteiger partial charge in [-0.2, -0.15) is 0 Å². The van der Waals surface area contributed by atoms with Gasteiger partial charge in [0, 0.05) is 21.8 Å². The van der Waals surface area contributed by atoms with Gasteiger partial charge in [0.05, 0.1) is 0 Å². The Morgan fingerprint density at radius 2 is 1.06 bits per heavy atom. The Balaban J connectivity index is 2.29. The number of H-pyrrole nitrogens is 2. The van der Waals surface area contributed by atoms with Gasteiger partial charge in [0.1, 0.15) is 11.6 Å². The summed E-state index contributed by atoms with van der Waals surface area (Å²) in [6, 6.07) is 12.2. The Hall–Kier alpha value is -2.62. The minimum Gasteiger partial charge on any atom is -0.385 e. The van der Waals surface area contributed by atoms with Crippen molar-refractivity contribution >= 4 is 44.2 Å². The van der Waals surface area contributed by atoms with Gasteiger partial charge >= 0.3 is 0 Å². The van der Waals surface area contributed by atoms with Gasteiger partial charge in [0.2, 0.25) is 0 Å². The van der Waals surface area contributed by atoms with Gasteiger partial charge in [-0.1, -0.05) is 12.1 Å². The Kier molecular flexibility index (Phi) is 1.56. The van der Waals surface area contributed by atoms with Crippen LogP contribution in [0.5, 0.6) is 0 Å². The van der Waals surface area contributed by atoms with Crippen molar-refractivity contribution in [1.82, 2.24) is 9.97 Å². The summed E-state index contributed by atoms with van der Waals surface area (Å²) in [5.41, 5.74) is 13.7. The number of nitrogen functional groups attached to an aromatic ring is 2. The third-order valence-corrected chi connectivity index (χ3v) is 3.44. The monoisotopic (exact) mass is 236 g/mol.